The summed E-state index contributed by atoms with van der Waals surface area (Å²) in [6.07, 6.45) is 13.8. The summed E-state index contributed by atoms with van der Waals surface area (Å²) in [4.78, 5) is 147. The van der Waals surface area contributed by atoms with E-state index in [9.17, 15) is 57.5 Å². The summed E-state index contributed by atoms with van der Waals surface area (Å²) >= 11 is 0. The van der Waals surface area contributed by atoms with Crippen molar-refractivity contribution in [1.82, 2.24) is 29.4 Å². The molecule has 0 fully saturated rings. The molecular weight excluding hydrogens is 1370 g/mol. The first-order valence-electron chi connectivity index (χ1n) is 37.4. The summed E-state index contributed by atoms with van der Waals surface area (Å²) in [6.45, 7) is 79.8. The second-order valence-corrected chi connectivity index (χ2v) is 32.7. The molecule has 0 bridgehead atoms. The Kier molecular flexibility index (Phi) is 57.9. The number of nitrogens with zero attached hydrogens (tertiary/aromatic N) is 6. The molecule has 6 amide bonds. The molecule has 0 rings (SSSR count). The van der Waals surface area contributed by atoms with Crippen molar-refractivity contribution in [1.29, 1.82) is 0 Å². The topological polar surface area (TPSA) is 280 Å². The van der Waals surface area contributed by atoms with Crippen molar-refractivity contribution < 1.29 is 86.0 Å². The highest BCUT2D eigenvalue weighted by molar-refractivity contribution is 5.90. The molecule has 0 aromatic rings. The molecule has 0 heterocycles. The SMILES string of the molecule is C=CC(=O)N(CCCOC(=O)C(C)(C)C)C(C)(C)C.C=CC(=O)N(CCCOC(=O)C(C)C)C(C)(C)C.C=CC(=O)N(CCCOC(=O)CC(C)C)C(C)(C)C.C=CC(=O)N(CCCOC(=O)CC)C(C)(C)C.C=CC(=O)N(CCCOC(=O)CCC)C(C)(C)C.C=CC(=O)N(CCCOC(C)=O)C(C)(C)C. The lowest BCUT2D eigenvalue weighted by molar-refractivity contribution is -0.153. The van der Waals surface area contributed by atoms with Crippen LogP contribution in [0.15, 0.2) is 75.9 Å². The standard InChI is InChI=1S/2C15H27NO3.2C14H25NO3.C13H23NO3.C12H21NO3/c1-8-12(17)16(15(5,6)7)10-9-11-19-13(18)14(2,3)4;1-7-13(17)16(15(4,5)6)9-8-10-19-14(18)11-12(2)3;1-7-12(16)15(14(4,5)6)9-8-10-18-13(17)11(2)3;1-6-9-13(17)18-11-8-10-15(12(16)7-2)14(3,4)5;1-6-11(15)14(13(3,4)5)9-8-10-17-12(16)7-2;1-6-11(15)13(12(3,4)5)8-7-9-16-10(2)14/h8H,1,9-11H2,2-7H3;7,12H,1,8-11H2,2-6H3;7,11H,1,8-10H2,2-6H3;7H,2,6,8-11H2,1,3-5H3;6H,1,7-10H2,2-5H3;6H,1,7-9H2,2-5H3. The summed E-state index contributed by atoms with van der Waals surface area (Å²) in [5.74, 6) is -1.66. The zero-order valence-corrected chi connectivity index (χ0v) is 71.9. The lowest BCUT2D eigenvalue weighted by Crippen LogP contribution is -2.45. The minimum absolute atomic E-state index is 0.0950. The van der Waals surface area contributed by atoms with E-state index in [2.05, 4.69) is 39.5 Å². The Morgan fingerprint density at radius 3 is 0.748 bits per heavy atom. The van der Waals surface area contributed by atoms with Crippen LogP contribution in [0.5, 0.6) is 0 Å². The molecular formula is C83H148N6O18. The predicted octanol–water partition coefficient (Wildman–Crippen LogP) is 14.4. The number of hydrogen-bond acceptors (Lipinski definition) is 18. The Hall–Kier alpha value is -7.92. The fraction of sp³-hybridized carbons (Fsp3) is 0.711. The Labute approximate surface area is 647 Å². The normalized spacial score (nSPS) is 11.2. The highest BCUT2D eigenvalue weighted by Crippen LogP contribution is 2.21. The van der Waals surface area contributed by atoms with Crippen LogP contribution in [-0.4, -0.2) is 213 Å². The van der Waals surface area contributed by atoms with E-state index in [1.165, 1.54) is 43.4 Å². The molecule has 0 aromatic carbocycles. The van der Waals surface area contributed by atoms with Gasteiger partial charge in [0.25, 0.3) is 0 Å². The third-order valence-electron chi connectivity index (χ3n) is 14.6. The summed E-state index contributed by atoms with van der Waals surface area (Å²) in [5.41, 5.74) is -2.01. The van der Waals surface area contributed by atoms with Crippen molar-refractivity contribution in [2.24, 2.45) is 17.3 Å². The van der Waals surface area contributed by atoms with Gasteiger partial charge in [-0.05, 0) is 233 Å². The predicted molar refractivity (Wildman–Crippen MR) is 428 cm³/mol. The Bertz CT molecular complexity index is 2740. The van der Waals surface area contributed by atoms with Gasteiger partial charge in [-0.3, -0.25) is 57.5 Å². The van der Waals surface area contributed by atoms with Crippen LogP contribution < -0.4 is 0 Å². The van der Waals surface area contributed by atoms with Gasteiger partial charge in [-0.15, -0.1) is 0 Å². The van der Waals surface area contributed by atoms with Crippen LogP contribution in [-0.2, 0) is 86.0 Å². The largest absolute Gasteiger partial charge is 0.466 e. The van der Waals surface area contributed by atoms with Gasteiger partial charge in [0.05, 0.1) is 51.0 Å². The average molecular weight is 1520 g/mol. The van der Waals surface area contributed by atoms with Crippen LogP contribution in [0.4, 0.5) is 0 Å². The van der Waals surface area contributed by atoms with Gasteiger partial charge in [-0.25, -0.2) is 0 Å². The van der Waals surface area contributed by atoms with Crippen LogP contribution >= 0.6 is 0 Å². The van der Waals surface area contributed by atoms with Crippen molar-refractivity contribution in [3.63, 3.8) is 0 Å². The van der Waals surface area contributed by atoms with Gasteiger partial charge in [0, 0.05) is 98.7 Å². The van der Waals surface area contributed by atoms with Crippen molar-refractivity contribution in [2.75, 3.05) is 78.9 Å². The van der Waals surface area contributed by atoms with Crippen LogP contribution in [0, 0.1) is 17.3 Å². The lowest BCUT2D eigenvalue weighted by atomic mass is 9.97. The number of rotatable bonds is 36. The van der Waals surface area contributed by atoms with Gasteiger partial charge in [-0.1, -0.05) is 81.0 Å². The van der Waals surface area contributed by atoms with Crippen LogP contribution in [0.3, 0.4) is 0 Å². The maximum Gasteiger partial charge on any atom is 0.311 e. The molecule has 0 saturated carbocycles. The first kappa shape index (κ1) is 110. The second kappa shape index (κ2) is 56.3. The number of ether oxygens (including phenoxy) is 6. The second-order valence-electron chi connectivity index (χ2n) is 32.7. The molecule has 0 saturated heterocycles. The van der Waals surface area contributed by atoms with Gasteiger partial charge in [0.1, 0.15) is 0 Å². The highest BCUT2D eigenvalue weighted by atomic mass is 16.6. The lowest BCUT2D eigenvalue weighted by Gasteiger charge is -2.35. The molecule has 0 aliphatic rings. The third kappa shape index (κ3) is 57.9. The fourth-order valence-corrected chi connectivity index (χ4v) is 8.92. The van der Waals surface area contributed by atoms with Gasteiger partial charge in [0.15, 0.2) is 0 Å². The van der Waals surface area contributed by atoms with Crippen molar-refractivity contribution in [3.8, 4) is 0 Å². The van der Waals surface area contributed by atoms with E-state index in [0.717, 1.165) is 6.42 Å². The van der Waals surface area contributed by atoms with Gasteiger partial charge < -0.3 is 57.8 Å². The molecule has 24 heteroatoms. The summed E-state index contributed by atoms with van der Waals surface area (Å²) in [6, 6.07) is 0. The number of hydrogen-bond donors (Lipinski definition) is 0. The number of carbonyl (C=O) groups is 12. The van der Waals surface area contributed by atoms with Gasteiger partial charge in [0.2, 0.25) is 35.4 Å². The molecule has 0 aliphatic heterocycles. The third-order valence-corrected chi connectivity index (χ3v) is 14.6. The fourth-order valence-electron chi connectivity index (χ4n) is 8.92. The number of carbonyl (C=O) groups excluding carboxylic acids is 12. The minimum atomic E-state index is -0.485. The quantitative estimate of drug-likeness (QED) is 0.0244. The molecule has 0 unspecified atom stereocenters. The highest BCUT2D eigenvalue weighted by Gasteiger charge is 2.30. The van der Waals surface area contributed by atoms with Crippen LogP contribution in [0.2, 0.25) is 0 Å². The zero-order chi connectivity index (χ0) is 85.1. The van der Waals surface area contributed by atoms with E-state index in [4.69, 9.17) is 28.4 Å². The molecule has 0 spiro atoms. The van der Waals surface area contributed by atoms with E-state index in [-0.39, 0.29) is 110 Å². The summed E-state index contributed by atoms with van der Waals surface area (Å²) < 4.78 is 30.2. The Morgan fingerprint density at radius 2 is 0.551 bits per heavy atom. The van der Waals surface area contributed by atoms with Crippen LogP contribution in [0.1, 0.15) is 258 Å². The van der Waals surface area contributed by atoms with Crippen molar-refractivity contribution in [2.45, 2.75) is 291 Å². The van der Waals surface area contributed by atoms with E-state index < -0.39 is 5.41 Å². The first-order valence-corrected chi connectivity index (χ1v) is 37.4. The number of esters is 6. The van der Waals surface area contributed by atoms with Crippen molar-refractivity contribution >= 4 is 71.3 Å². The van der Waals surface area contributed by atoms with Gasteiger partial charge >= 0.3 is 35.8 Å². The molecule has 24 nitrogen and oxygen atoms in total. The molecule has 0 atom stereocenters. The smallest absolute Gasteiger partial charge is 0.311 e. The summed E-state index contributed by atoms with van der Waals surface area (Å²) in [5, 5.41) is 0. The van der Waals surface area contributed by atoms with Crippen molar-refractivity contribution in [3.05, 3.63) is 75.9 Å². The molecule has 0 aromatic heterocycles. The molecule has 107 heavy (non-hydrogen) atoms. The minimum Gasteiger partial charge on any atom is -0.466 e. The maximum atomic E-state index is 11.7. The first-order chi connectivity index (χ1) is 48.8. The monoisotopic (exact) mass is 1520 g/mol. The van der Waals surface area contributed by atoms with E-state index in [1.807, 2.05) is 166 Å². The maximum absolute atomic E-state index is 11.7. The molecule has 0 radical (unpaired) electrons. The molecule has 618 valence electrons. The van der Waals surface area contributed by atoms with E-state index >= 15 is 0 Å². The number of amides is 6. The Morgan fingerprint density at radius 1 is 0.327 bits per heavy atom. The summed E-state index contributed by atoms with van der Waals surface area (Å²) in [7, 11) is 0. The molecule has 0 N–H and O–H groups in total. The average Bonchev–Trinajstić information content (AvgIpc) is 0.899. The van der Waals surface area contributed by atoms with Gasteiger partial charge in [-0.2, -0.15) is 0 Å². The van der Waals surface area contributed by atoms with Crippen LogP contribution in [0.25, 0.3) is 0 Å². The molecule has 0 aliphatic carbocycles. The Balaban J connectivity index is -0.000000286. The van der Waals surface area contributed by atoms with E-state index in [1.54, 1.807) is 50.2 Å². The van der Waals surface area contributed by atoms with E-state index in [0.29, 0.717) is 143 Å². The zero-order valence-electron chi connectivity index (χ0n) is 71.9.